The zero-order valence-corrected chi connectivity index (χ0v) is 17.7. The summed E-state index contributed by atoms with van der Waals surface area (Å²) in [6.45, 7) is 1.89. The number of hydrogen-bond acceptors (Lipinski definition) is 5. The van der Waals surface area contributed by atoms with E-state index in [0.717, 1.165) is 11.6 Å². The summed E-state index contributed by atoms with van der Waals surface area (Å²) >= 11 is 0. The molecule has 0 aliphatic rings. The lowest BCUT2D eigenvalue weighted by Gasteiger charge is -2.11. The summed E-state index contributed by atoms with van der Waals surface area (Å²) in [5.74, 6) is -0.895. The van der Waals surface area contributed by atoms with Crippen molar-refractivity contribution >= 4 is 31.4 Å². The van der Waals surface area contributed by atoms with Crippen LogP contribution in [0.15, 0.2) is 76.5 Å². The Bertz CT molecular complexity index is 1260. The van der Waals surface area contributed by atoms with E-state index >= 15 is 0 Å². The summed E-state index contributed by atoms with van der Waals surface area (Å²) in [4.78, 5) is -0.333. The summed E-state index contributed by atoms with van der Waals surface area (Å²) in [5.41, 5.74) is 1.53. The molecule has 0 aliphatic heterocycles. The van der Waals surface area contributed by atoms with Crippen LogP contribution in [0.5, 0.6) is 5.75 Å². The number of sulfonamides is 2. The first-order valence-corrected chi connectivity index (χ1v) is 11.6. The highest BCUT2D eigenvalue weighted by Crippen LogP contribution is 2.24. The van der Waals surface area contributed by atoms with Crippen LogP contribution in [0.25, 0.3) is 0 Å². The number of rotatable bonds is 7. The number of halogens is 1. The van der Waals surface area contributed by atoms with Crippen molar-refractivity contribution in [2.75, 3.05) is 16.6 Å². The quantitative estimate of drug-likeness (QED) is 0.571. The van der Waals surface area contributed by atoms with Crippen LogP contribution < -0.4 is 14.2 Å². The molecule has 0 aromatic heterocycles. The number of anilines is 2. The lowest BCUT2D eigenvalue weighted by Crippen LogP contribution is -2.15. The number of aryl methyl sites for hydroxylation is 1. The van der Waals surface area contributed by atoms with E-state index in [1.165, 1.54) is 43.5 Å². The Balaban J connectivity index is 1.78. The summed E-state index contributed by atoms with van der Waals surface area (Å²) in [6.07, 6.45) is 0. The molecule has 7 nitrogen and oxygen atoms in total. The fourth-order valence-corrected chi connectivity index (χ4v) is 4.69. The molecule has 10 heteroatoms. The smallest absolute Gasteiger partial charge is 0.262 e. The first-order valence-electron chi connectivity index (χ1n) is 8.67. The van der Waals surface area contributed by atoms with Crippen LogP contribution in [-0.4, -0.2) is 23.9 Å². The minimum absolute atomic E-state index is 0.0403. The normalized spacial score (nSPS) is 11.7. The highest BCUT2D eigenvalue weighted by molar-refractivity contribution is 7.93. The fourth-order valence-electron chi connectivity index (χ4n) is 2.57. The van der Waals surface area contributed by atoms with Gasteiger partial charge in [-0.15, -0.1) is 0 Å². The third-order valence-electron chi connectivity index (χ3n) is 4.15. The van der Waals surface area contributed by atoms with Crippen LogP contribution in [0.3, 0.4) is 0 Å². The van der Waals surface area contributed by atoms with E-state index in [4.69, 9.17) is 4.74 Å². The molecule has 3 rings (SSSR count). The molecule has 2 N–H and O–H groups in total. The number of nitrogens with one attached hydrogen (secondary N) is 2. The van der Waals surface area contributed by atoms with E-state index in [0.29, 0.717) is 5.69 Å². The molecular weight excluding hydrogens is 431 g/mol. The Kier molecular flexibility index (Phi) is 5.99. The lowest BCUT2D eigenvalue weighted by atomic mass is 10.2. The standard InChI is InChI=1S/C20H19FN2O5S2/c1-14-3-5-15(6-4-14)22-29(24,25)17-9-7-16(8-10-17)23-30(26,27)18-11-12-20(28-2)19(21)13-18/h3-13,22-23H,1-2H3. The molecule has 0 aliphatic carbocycles. The first kappa shape index (κ1) is 21.6. The lowest BCUT2D eigenvalue weighted by molar-refractivity contribution is 0.385. The van der Waals surface area contributed by atoms with Crippen molar-refractivity contribution in [2.45, 2.75) is 16.7 Å². The summed E-state index contributed by atoms with van der Waals surface area (Å²) < 4.78 is 73.2. The molecule has 0 saturated heterocycles. The topological polar surface area (TPSA) is 102 Å². The predicted octanol–water partition coefficient (Wildman–Crippen LogP) is 3.74. The van der Waals surface area contributed by atoms with Gasteiger partial charge < -0.3 is 4.74 Å². The molecule has 0 atom stereocenters. The van der Waals surface area contributed by atoms with E-state index in [9.17, 15) is 21.2 Å². The second kappa shape index (κ2) is 8.33. The number of ether oxygens (including phenoxy) is 1. The molecule has 0 saturated carbocycles. The Morgan fingerprint density at radius 3 is 1.70 bits per heavy atom. The molecule has 0 heterocycles. The van der Waals surface area contributed by atoms with Gasteiger partial charge in [0, 0.05) is 11.4 Å². The molecule has 0 fully saturated rings. The van der Waals surface area contributed by atoms with Crippen LogP contribution >= 0.6 is 0 Å². The third-order valence-corrected chi connectivity index (χ3v) is 6.93. The maximum Gasteiger partial charge on any atom is 0.262 e. The summed E-state index contributed by atoms with van der Waals surface area (Å²) in [6, 6.07) is 15.2. The second-order valence-corrected chi connectivity index (χ2v) is 9.76. The van der Waals surface area contributed by atoms with Crippen LogP contribution in [0.2, 0.25) is 0 Å². The SMILES string of the molecule is COc1ccc(S(=O)(=O)Nc2ccc(S(=O)(=O)Nc3ccc(C)cc3)cc2)cc1F. The Hall–Kier alpha value is -3.11. The molecule has 3 aromatic carbocycles. The average Bonchev–Trinajstić information content (AvgIpc) is 2.69. The zero-order chi connectivity index (χ0) is 21.9. The Morgan fingerprint density at radius 2 is 1.20 bits per heavy atom. The van der Waals surface area contributed by atoms with Crippen LogP contribution in [0, 0.1) is 12.7 Å². The van der Waals surface area contributed by atoms with Gasteiger partial charge >= 0.3 is 0 Å². The van der Waals surface area contributed by atoms with Gasteiger partial charge in [0.1, 0.15) is 0 Å². The maximum absolute atomic E-state index is 13.8. The molecule has 158 valence electrons. The average molecular weight is 451 g/mol. The molecule has 3 aromatic rings. The minimum atomic E-state index is -4.07. The van der Waals surface area contributed by atoms with Gasteiger partial charge in [0.05, 0.1) is 16.9 Å². The van der Waals surface area contributed by atoms with Crippen molar-refractivity contribution in [2.24, 2.45) is 0 Å². The van der Waals surface area contributed by atoms with E-state index in [1.807, 2.05) is 6.92 Å². The third kappa shape index (κ3) is 4.89. The summed E-state index contributed by atoms with van der Waals surface area (Å²) in [5, 5.41) is 0. The van der Waals surface area contributed by atoms with E-state index in [2.05, 4.69) is 9.44 Å². The van der Waals surface area contributed by atoms with Crippen molar-refractivity contribution in [3.8, 4) is 5.75 Å². The van der Waals surface area contributed by atoms with Gasteiger partial charge in [0.25, 0.3) is 20.0 Å². The van der Waals surface area contributed by atoms with Gasteiger partial charge in [0.2, 0.25) is 0 Å². The Morgan fingerprint density at radius 1 is 0.733 bits per heavy atom. The van der Waals surface area contributed by atoms with Gasteiger partial charge in [-0.05, 0) is 61.5 Å². The molecule has 30 heavy (non-hydrogen) atoms. The zero-order valence-electron chi connectivity index (χ0n) is 16.1. The van der Waals surface area contributed by atoms with Crippen LogP contribution in [-0.2, 0) is 20.0 Å². The van der Waals surface area contributed by atoms with Gasteiger partial charge in [-0.25, -0.2) is 21.2 Å². The van der Waals surface area contributed by atoms with Gasteiger partial charge in [-0.1, -0.05) is 17.7 Å². The minimum Gasteiger partial charge on any atom is -0.494 e. The molecule has 0 bridgehead atoms. The highest BCUT2D eigenvalue weighted by Gasteiger charge is 2.18. The number of benzene rings is 3. The largest absolute Gasteiger partial charge is 0.494 e. The van der Waals surface area contributed by atoms with E-state index in [1.54, 1.807) is 24.3 Å². The van der Waals surface area contributed by atoms with Gasteiger partial charge in [-0.3, -0.25) is 9.44 Å². The van der Waals surface area contributed by atoms with Crippen molar-refractivity contribution in [3.05, 3.63) is 78.1 Å². The molecule has 0 amide bonds. The monoisotopic (exact) mass is 450 g/mol. The summed E-state index contributed by atoms with van der Waals surface area (Å²) in [7, 11) is -6.64. The van der Waals surface area contributed by atoms with Crippen molar-refractivity contribution in [1.82, 2.24) is 0 Å². The van der Waals surface area contributed by atoms with Crippen molar-refractivity contribution in [3.63, 3.8) is 0 Å². The first-order chi connectivity index (χ1) is 14.1. The molecule has 0 radical (unpaired) electrons. The molecular formula is C20H19FN2O5S2. The Labute approximate surface area is 174 Å². The van der Waals surface area contributed by atoms with Crippen molar-refractivity contribution < 1.29 is 26.0 Å². The number of methoxy groups -OCH3 is 1. The molecule has 0 unspecified atom stereocenters. The van der Waals surface area contributed by atoms with Gasteiger partial charge in [0.15, 0.2) is 11.6 Å². The number of hydrogen-bond donors (Lipinski definition) is 2. The highest BCUT2D eigenvalue weighted by atomic mass is 32.2. The van der Waals surface area contributed by atoms with E-state index < -0.39 is 25.9 Å². The van der Waals surface area contributed by atoms with Crippen LogP contribution in [0.1, 0.15) is 5.56 Å². The maximum atomic E-state index is 13.8. The second-order valence-electron chi connectivity index (χ2n) is 6.40. The fraction of sp³-hybridized carbons (Fsp3) is 0.100. The van der Waals surface area contributed by atoms with Crippen LogP contribution in [0.4, 0.5) is 15.8 Å². The van der Waals surface area contributed by atoms with E-state index in [-0.39, 0.29) is 21.2 Å². The predicted molar refractivity (Wildman–Crippen MR) is 112 cm³/mol. The van der Waals surface area contributed by atoms with Gasteiger partial charge in [-0.2, -0.15) is 0 Å². The molecule has 0 spiro atoms. The van der Waals surface area contributed by atoms with Crippen molar-refractivity contribution in [1.29, 1.82) is 0 Å².